The van der Waals surface area contributed by atoms with Crippen LogP contribution in [0.5, 0.6) is 0 Å². The first-order valence-corrected chi connectivity index (χ1v) is 9.76. The molecule has 1 aromatic heterocycles. The van der Waals surface area contributed by atoms with Crippen LogP contribution < -0.4 is 0 Å². The Labute approximate surface area is 149 Å². The Bertz CT molecular complexity index is 601. The van der Waals surface area contributed by atoms with Crippen LogP contribution in [0.15, 0.2) is 42.5 Å². The van der Waals surface area contributed by atoms with E-state index in [2.05, 4.69) is 42.5 Å². The Morgan fingerprint density at radius 2 is 1.58 bits per heavy atom. The van der Waals surface area contributed by atoms with E-state index < -0.39 is 0 Å². The minimum absolute atomic E-state index is 0.00626. The second-order valence-electron chi connectivity index (χ2n) is 6.45. The van der Waals surface area contributed by atoms with Crippen LogP contribution in [0.4, 0.5) is 0 Å². The third-order valence-corrected chi connectivity index (χ3v) is 5.07. The maximum Gasteiger partial charge on any atom is 0.306 e. The van der Waals surface area contributed by atoms with Crippen molar-refractivity contribution >= 4 is 17.3 Å². The van der Waals surface area contributed by atoms with Gasteiger partial charge in [-0.2, -0.15) is 0 Å². The van der Waals surface area contributed by atoms with E-state index in [1.807, 2.05) is 25.2 Å². The van der Waals surface area contributed by atoms with Gasteiger partial charge in [0.2, 0.25) is 0 Å². The van der Waals surface area contributed by atoms with Crippen molar-refractivity contribution in [3.63, 3.8) is 0 Å². The average molecular weight is 345 g/mol. The fourth-order valence-corrected chi connectivity index (χ4v) is 3.79. The summed E-state index contributed by atoms with van der Waals surface area (Å²) in [5.74, 6) is -0.0715. The molecular formula is C21H28O2S. The van der Waals surface area contributed by atoms with Crippen molar-refractivity contribution in [2.45, 2.75) is 64.9 Å². The van der Waals surface area contributed by atoms with Gasteiger partial charge >= 0.3 is 5.97 Å². The molecule has 0 bridgehead atoms. The topological polar surface area (TPSA) is 26.3 Å². The van der Waals surface area contributed by atoms with Gasteiger partial charge in [0.1, 0.15) is 0 Å². The molecule has 0 radical (unpaired) electrons. The molecule has 1 aromatic carbocycles. The van der Waals surface area contributed by atoms with Gasteiger partial charge in [0.25, 0.3) is 0 Å². The zero-order valence-corrected chi connectivity index (χ0v) is 15.6. The number of carbonyl (C=O) groups excluding carboxylic acids is 1. The molecule has 0 aliphatic carbocycles. The van der Waals surface area contributed by atoms with Crippen LogP contribution in [-0.2, 0) is 28.8 Å². The number of carbonyl (C=O) groups is 1. The van der Waals surface area contributed by atoms with Gasteiger partial charge in [-0.1, -0.05) is 30.3 Å². The lowest BCUT2D eigenvalue weighted by molar-refractivity contribution is -0.147. The number of hydrogen-bond donors (Lipinski definition) is 0. The third kappa shape index (κ3) is 7.31. The van der Waals surface area contributed by atoms with Crippen LogP contribution in [0.25, 0.3) is 0 Å². The molecule has 3 heteroatoms. The van der Waals surface area contributed by atoms with Crippen LogP contribution in [0.3, 0.4) is 0 Å². The van der Waals surface area contributed by atoms with E-state index in [0.717, 1.165) is 32.1 Å². The Hall–Kier alpha value is -1.61. The first-order valence-electron chi connectivity index (χ1n) is 8.94. The first-order chi connectivity index (χ1) is 11.6. The molecule has 0 saturated carbocycles. The number of thiophene rings is 1. The van der Waals surface area contributed by atoms with Crippen molar-refractivity contribution < 1.29 is 9.53 Å². The van der Waals surface area contributed by atoms with Crippen molar-refractivity contribution in [1.29, 1.82) is 0 Å². The van der Waals surface area contributed by atoms with Gasteiger partial charge in [-0.3, -0.25) is 4.79 Å². The lowest BCUT2D eigenvalue weighted by atomic mass is 10.1. The number of hydrogen-bond acceptors (Lipinski definition) is 3. The van der Waals surface area contributed by atoms with Crippen LogP contribution in [0.2, 0.25) is 0 Å². The number of unbranched alkanes of at least 4 members (excludes halogenated alkanes) is 1. The summed E-state index contributed by atoms with van der Waals surface area (Å²) in [6, 6.07) is 15.2. The van der Waals surface area contributed by atoms with Gasteiger partial charge in [-0.25, -0.2) is 0 Å². The molecule has 0 aliphatic rings. The van der Waals surface area contributed by atoms with Gasteiger partial charge in [0.05, 0.1) is 6.10 Å². The number of benzene rings is 1. The van der Waals surface area contributed by atoms with Crippen molar-refractivity contribution in [2.75, 3.05) is 0 Å². The Balaban J connectivity index is 1.61. The highest BCUT2D eigenvalue weighted by Crippen LogP contribution is 2.21. The molecule has 2 nitrogen and oxygen atoms in total. The van der Waals surface area contributed by atoms with E-state index in [9.17, 15) is 4.79 Å². The molecule has 0 aliphatic heterocycles. The molecule has 0 atom stereocenters. The molecule has 1 heterocycles. The minimum atomic E-state index is -0.0715. The zero-order valence-electron chi connectivity index (χ0n) is 14.8. The number of aryl methyl sites for hydroxylation is 3. The molecular weight excluding hydrogens is 316 g/mol. The number of ether oxygens (including phenoxy) is 1. The lowest BCUT2D eigenvalue weighted by Crippen LogP contribution is -2.10. The molecule has 0 amide bonds. The largest absolute Gasteiger partial charge is 0.463 e. The van der Waals surface area contributed by atoms with Crippen molar-refractivity contribution in [3.05, 3.63) is 57.8 Å². The smallest absolute Gasteiger partial charge is 0.306 e. The minimum Gasteiger partial charge on any atom is -0.463 e. The van der Waals surface area contributed by atoms with E-state index in [0.29, 0.717) is 6.42 Å². The number of rotatable bonds is 10. The summed E-state index contributed by atoms with van der Waals surface area (Å²) in [7, 11) is 0. The van der Waals surface area contributed by atoms with Crippen LogP contribution in [-0.4, -0.2) is 12.1 Å². The van der Waals surface area contributed by atoms with Crippen LogP contribution >= 0.6 is 11.3 Å². The summed E-state index contributed by atoms with van der Waals surface area (Å²) in [6.07, 6.45) is 7.06. The van der Waals surface area contributed by atoms with Crippen molar-refractivity contribution in [3.8, 4) is 0 Å². The normalized spacial score (nSPS) is 11.0. The predicted octanol–water partition coefficient (Wildman–Crippen LogP) is 5.59. The average Bonchev–Trinajstić information content (AvgIpc) is 3.00. The van der Waals surface area contributed by atoms with E-state index in [-0.39, 0.29) is 12.1 Å². The van der Waals surface area contributed by atoms with Gasteiger partial charge in [0, 0.05) is 16.2 Å². The second-order valence-corrected chi connectivity index (χ2v) is 7.71. The van der Waals surface area contributed by atoms with Gasteiger partial charge in [0.15, 0.2) is 0 Å². The molecule has 24 heavy (non-hydrogen) atoms. The van der Waals surface area contributed by atoms with Crippen molar-refractivity contribution in [1.82, 2.24) is 0 Å². The quantitative estimate of drug-likeness (QED) is 0.415. The standard InChI is InChI=1S/C21H28O2S/c1-17(2)23-21(22)14-7-6-12-19-15-16-20(24-19)13-8-11-18-9-4-3-5-10-18/h3-5,9-10,15-17H,6-8,11-14H2,1-2H3. The second kappa shape index (κ2) is 10.3. The molecule has 0 N–H and O–H groups in total. The summed E-state index contributed by atoms with van der Waals surface area (Å²) in [5, 5.41) is 0. The van der Waals surface area contributed by atoms with E-state index >= 15 is 0 Å². The Morgan fingerprint density at radius 3 is 2.25 bits per heavy atom. The zero-order chi connectivity index (χ0) is 17.2. The predicted molar refractivity (Wildman–Crippen MR) is 102 cm³/mol. The SMILES string of the molecule is CC(C)OC(=O)CCCCc1ccc(CCCc2ccccc2)s1. The maximum atomic E-state index is 11.5. The maximum absolute atomic E-state index is 11.5. The monoisotopic (exact) mass is 344 g/mol. The summed E-state index contributed by atoms with van der Waals surface area (Å²) in [4.78, 5) is 14.4. The molecule has 2 aromatic rings. The molecule has 2 rings (SSSR count). The highest BCUT2D eigenvalue weighted by Gasteiger charge is 2.06. The van der Waals surface area contributed by atoms with Gasteiger partial charge < -0.3 is 4.74 Å². The molecule has 130 valence electrons. The van der Waals surface area contributed by atoms with Crippen LogP contribution in [0, 0.1) is 0 Å². The molecule has 0 unspecified atom stereocenters. The first kappa shape index (κ1) is 18.7. The fraction of sp³-hybridized carbons (Fsp3) is 0.476. The summed E-state index contributed by atoms with van der Waals surface area (Å²) in [5.41, 5.74) is 1.42. The molecule has 0 saturated heterocycles. The third-order valence-electron chi connectivity index (χ3n) is 3.87. The van der Waals surface area contributed by atoms with Gasteiger partial charge in [-0.15, -0.1) is 11.3 Å². The Kier molecular flexibility index (Phi) is 8.03. The van der Waals surface area contributed by atoms with E-state index in [1.165, 1.54) is 21.7 Å². The summed E-state index contributed by atoms with van der Waals surface area (Å²) >= 11 is 1.92. The van der Waals surface area contributed by atoms with Crippen molar-refractivity contribution in [2.24, 2.45) is 0 Å². The highest BCUT2D eigenvalue weighted by atomic mass is 32.1. The van der Waals surface area contributed by atoms with E-state index in [1.54, 1.807) is 0 Å². The Morgan fingerprint density at radius 1 is 0.917 bits per heavy atom. The highest BCUT2D eigenvalue weighted by molar-refractivity contribution is 7.11. The van der Waals surface area contributed by atoms with E-state index in [4.69, 9.17) is 4.74 Å². The van der Waals surface area contributed by atoms with Crippen LogP contribution in [0.1, 0.15) is 54.8 Å². The molecule has 0 spiro atoms. The lowest BCUT2D eigenvalue weighted by Gasteiger charge is -2.07. The summed E-state index contributed by atoms with van der Waals surface area (Å²) in [6.45, 7) is 3.78. The number of esters is 1. The molecule has 0 fully saturated rings. The summed E-state index contributed by atoms with van der Waals surface area (Å²) < 4.78 is 5.15. The van der Waals surface area contributed by atoms with Gasteiger partial charge in [-0.05, 0) is 70.1 Å². The fourth-order valence-electron chi connectivity index (χ4n) is 2.69.